The van der Waals surface area contributed by atoms with Gasteiger partial charge in [-0.05, 0) is 30.2 Å². The maximum absolute atomic E-state index is 13.8. The Morgan fingerprint density at radius 1 is 1.21 bits per heavy atom. The number of benzene rings is 2. The van der Waals surface area contributed by atoms with Crippen molar-refractivity contribution < 1.29 is 9.13 Å². The molecule has 19 heavy (non-hydrogen) atoms. The van der Waals surface area contributed by atoms with Crippen LogP contribution in [0.1, 0.15) is 17.0 Å². The van der Waals surface area contributed by atoms with Crippen LogP contribution in [0.25, 0.3) is 0 Å². The van der Waals surface area contributed by atoms with Gasteiger partial charge < -0.3 is 4.74 Å². The topological polar surface area (TPSA) is 9.23 Å². The molecular formula is C16H15FOS. The number of hydrogen-bond acceptors (Lipinski definition) is 2. The van der Waals surface area contributed by atoms with E-state index in [-0.39, 0.29) is 5.82 Å². The molecule has 98 valence electrons. The predicted molar refractivity (Wildman–Crippen MR) is 76.5 cm³/mol. The first kappa shape index (κ1) is 12.5. The first-order valence-corrected chi connectivity index (χ1v) is 7.34. The molecule has 2 aromatic carbocycles. The van der Waals surface area contributed by atoms with Crippen molar-refractivity contribution in [3.8, 4) is 5.75 Å². The summed E-state index contributed by atoms with van der Waals surface area (Å²) >= 11 is 1.84. The minimum Gasteiger partial charge on any atom is -0.490 e. The van der Waals surface area contributed by atoms with Gasteiger partial charge in [-0.25, -0.2) is 4.39 Å². The Balaban J connectivity index is 1.73. The van der Waals surface area contributed by atoms with Gasteiger partial charge in [-0.3, -0.25) is 0 Å². The molecule has 0 radical (unpaired) electrons. The molecule has 0 spiro atoms. The molecule has 0 saturated heterocycles. The van der Waals surface area contributed by atoms with Gasteiger partial charge >= 0.3 is 0 Å². The van der Waals surface area contributed by atoms with Crippen LogP contribution in [-0.4, -0.2) is 12.4 Å². The molecule has 0 amide bonds. The fourth-order valence-electron chi connectivity index (χ4n) is 2.29. The third-order valence-electron chi connectivity index (χ3n) is 3.40. The third kappa shape index (κ3) is 2.47. The first-order chi connectivity index (χ1) is 9.25. The Hall–Kier alpha value is -1.48. The van der Waals surface area contributed by atoms with Crippen molar-refractivity contribution in [2.45, 2.75) is 17.7 Å². The van der Waals surface area contributed by atoms with Crippen LogP contribution in [-0.2, 0) is 0 Å². The minimum atomic E-state index is -0.249. The van der Waals surface area contributed by atoms with Gasteiger partial charge in [0.25, 0.3) is 0 Å². The maximum Gasteiger partial charge on any atom is 0.167 e. The van der Waals surface area contributed by atoms with Crippen molar-refractivity contribution in [2.75, 3.05) is 12.4 Å². The van der Waals surface area contributed by atoms with E-state index in [9.17, 15) is 4.39 Å². The highest BCUT2D eigenvalue weighted by atomic mass is 32.2. The second-order valence-corrected chi connectivity index (χ2v) is 5.81. The van der Waals surface area contributed by atoms with Gasteiger partial charge in [0.2, 0.25) is 0 Å². The van der Waals surface area contributed by atoms with Crippen molar-refractivity contribution in [3.05, 3.63) is 59.4 Å². The molecule has 1 atom stereocenters. The number of fused-ring (bicyclic) bond motifs is 1. The highest BCUT2D eigenvalue weighted by Gasteiger charge is 2.23. The van der Waals surface area contributed by atoms with E-state index in [2.05, 4.69) is 18.2 Å². The highest BCUT2D eigenvalue weighted by molar-refractivity contribution is 7.99. The summed E-state index contributed by atoms with van der Waals surface area (Å²) in [6.07, 6.45) is 0. The summed E-state index contributed by atoms with van der Waals surface area (Å²) in [5.74, 6) is 1.46. The molecule has 1 aliphatic rings. The van der Waals surface area contributed by atoms with E-state index in [0.29, 0.717) is 23.8 Å². The van der Waals surface area contributed by atoms with Crippen LogP contribution in [0.15, 0.2) is 47.4 Å². The number of halogens is 1. The van der Waals surface area contributed by atoms with Gasteiger partial charge in [-0.15, -0.1) is 11.8 Å². The minimum absolute atomic E-state index is 0.249. The molecule has 0 fully saturated rings. The zero-order valence-electron chi connectivity index (χ0n) is 10.7. The summed E-state index contributed by atoms with van der Waals surface area (Å²) in [5.41, 5.74) is 1.94. The Morgan fingerprint density at radius 3 is 2.95 bits per heavy atom. The van der Waals surface area contributed by atoms with Gasteiger partial charge in [0, 0.05) is 16.6 Å². The van der Waals surface area contributed by atoms with Crippen LogP contribution in [0.3, 0.4) is 0 Å². The lowest BCUT2D eigenvalue weighted by Gasteiger charge is -2.13. The highest BCUT2D eigenvalue weighted by Crippen LogP contribution is 2.39. The van der Waals surface area contributed by atoms with Crippen molar-refractivity contribution in [2.24, 2.45) is 0 Å². The summed E-state index contributed by atoms with van der Waals surface area (Å²) in [6, 6.07) is 13.6. The summed E-state index contributed by atoms with van der Waals surface area (Å²) in [4.78, 5) is 1.32. The number of rotatable bonds is 3. The number of ether oxygens (including phenoxy) is 1. The van der Waals surface area contributed by atoms with Crippen LogP contribution >= 0.6 is 11.8 Å². The molecule has 1 unspecified atom stereocenters. The molecule has 0 saturated carbocycles. The van der Waals surface area contributed by atoms with Crippen LogP contribution in [0, 0.1) is 12.7 Å². The Morgan fingerprint density at radius 2 is 2.05 bits per heavy atom. The maximum atomic E-state index is 13.8. The fraction of sp³-hybridized carbons (Fsp3) is 0.250. The van der Waals surface area contributed by atoms with E-state index in [1.807, 2.05) is 23.9 Å². The van der Waals surface area contributed by atoms with E-state index < -0.39 is 0 Å². The second-order valence-electron chi connectivity index (χ2n) is 4.74. The molecule has 1 heterocycles. The summed E-state index contributed by atoms with van der Waals surface area (Å²) in [6.45, 7) is 2.29. The van der Waals surface area contributed by atoms with Crippen LogP contribution in [0.2, 0.25) is 0 Å². The second kappa shape index (κ2) is 5.25. The molecule has 0 aliphatic carbocycles. The summed E-state index contributed by atoms with van der Waals surface area (Å²) in [5, 5.41) is 0. The fourth-order valence-corrected chi connectivity index (χ4v) is 3.52. The average molecular weight is 274 g/mol. The van der Waals surface area contributed by atoms with Crippen molar-refractivity contribution in [1.29, 1.82) is 0 Å². The lowest BCUT2D eigenvalue weighted by atomic mass is 10.0. The molecule has 1 nitrogen and oxygen atoms in total. The van der Waals surface area contributed by atoms with E-state index in [1.54, 1.807) is 19.1 Å². The van der Waals surface area contributed by atoms with Crippen molar-refractivity contribution in [1.82, 2.24) is 0 Å². The summed E-state index contributed by atoms with van der Waals surface area (Å²) in [7, 11) is 0. The molecule has 0 bridgehead atoms. The zero-order valence-corrected chi connectivity index (χ0v) is 11.5. The molecule has 2 aromatic rings. The lowest BCUT2D eigenvalue weighted by molar-refractivity contribution is 0.283. The van der Waals surface area contributed by atoms with Gasteiger partial charge in [0.05, 0.1) is 6.61 Å². The van der Waals surface area contributed by atoms with E-state index in [0.717, 1.165) is 5.75 Å². The molecule has 0 aromatic heterocycles. The van der Waals surface area contributed by atoms with Gasteiger partial charge in [0.1, 0.15) is 0 Å². The molecule has 1 aliphatic heterocycles. The van der Waals surface area contributed by atoms with Crippen LogP contribution in [0.4, 0.5) is 4.39 Å². The Labute approximate surface area is 116 Å². The van der Waals surface area contributed by atoms with Crippen LogP contribution in [0.5, 0.6) is 5.75 Å². The van der Waals surface area contributed by atoms with Crippen LogP contribution < -0.4 is 4.74 Å². The monoisotopic (exact) mass is 274 g/mol. The van der Waals surface area contributed by atoms with Gasteiger partial charge in [-0.1, -0.05) is 30.3 Å². The van der Waals surface area contributed by atoms with E-state index >= 15 is 0 Å². The third-order valence-corrected chi connectivity index (χ3v) is 4.65. The molecular weight excluding hydrogens is 259 g/mol. The number of aryl methyl sites for hydroxylation is 1. The lowest BCUT2D eigenvalue weighted by Crippen LogP contribution is -2.10. The van der Waals surface area contributed by atoms with Gasteiger partial charge in [0.15, 0.2) is 11.6 Å². The quantitative estimate of drug-likeness (QED) is 0.820. The number of hydrogen-bond donors (Lipinski definition) is 0. The Kier molecular flexibility index (Phi) is 3.47. The molecule has 3 heteroatoms. The van der Waals surface area contributed by atoms with Crippen molar-refractivity contribution >= 4 is 11.8 Å². The number of thioether (sulfide) groups is 1. The smallest absolute Gasteiger partial charge is 0.167 e. The first-order valence-electron chi connectivity index (χ1n) is 6.35. The largest absolute Gasteiger partial charge is 0.490 e. The zero-order chi connectivity index (χ0) is 13.2. The van der Waals surface area contributed by atoms with Crippen molar-refractivity contribution in [3.63, 3.8) is 0 Å². The Bertz CT molecular complexity index is 597. The van der Waals surface area contributed by atoms with Gasteiger partial charge in [-0.2, -0.15) is 0 Å². The predicted octanol–water partition coefficient (Wildman–Crippen LogP) is 4.40. The SMILES string of the molecule is Cc1cccc(OCC2CSc3ccccc32)c1F. The average Bonchev–Trinajstić information content (AvgIpc) is 2.84. The molecule has 0 N–H and O–H groups in total. The normalized spacial score (nSPS) is 17.3. The molecule has 3 rings (SSSR count). The standard InChI is InChI=1S/C16H15FOS/c1-11-5-4-7-14(16(11)17)18-9-12-10-19-15-8-3-2-6-13(12)15/h2-8,12H,9-10H2,1H3. The van der Waals surface area contributed by atoms with E-state index in [1.165, 1.54) is 10.5 Å². The van der Waals surface area contributed by atoms with E-state index in [4.69, 9.17) is 4.74 Å². The summed E-state index contributed by atoms with van der Waals surface area (Å²) < 4.78 is 19.5.